The second kappa shape index (κ2) is 6.72. The third-order valence-corrected chi connectivity index (χ3v) is 2.55. The van der Waals surface area contributed by atoms with Crippen LogP contribution in [0.2, 0.25) is 0 Å². The molecule has 1 aromatic rings. The Morgan fingerprint density at radius 2 is 2.12 bits per heavy atom. The Labute approximate surface area is 105 Å². The monoisotopic (exact) mass is 235 g/mol. The van der Waals surface area contributed by atoms with Crippen molar-refractivity contribution < 1.29 is 0 Å². The van der Waals surface area contributed by atoms with Crippen molar-refractivity contribution in [2.45, 2.75) is 39.3 Å². The molecule has 0 saturated heterocycles. The van der Waals surface area contributed by atoms with Crippen molar-refractivity contribution in [3.05, 3.63) is 30.1 Å². The van der Waals surface area contributed by atoms with Crippen LogP contribution in [0.3, 0.4) is 0 Å². The predicted octanol–water partition coefficient (Wildman–Crippen LogP) is 2.29. The van der Waals surface area contributed by atoms with Crippen molar-refractivity contribution >= 4 is 0 Å². The van der Waals surface area contributed by atoms with E-state index in [1.54, 1.807) is 0 Å². The first-order valence-corrected chi connectivity index (χ1v) is 6.30. The van der Waals surface area contributed by atoms with E-state index in [0.717, 1.165) is 19.6 Å². The van der Waals surface area contributed by atoms with E-state index in [1.807, 2.05) is 18.5 Å². The van der Waals surface area contributed by atoms with Gasteiger partial charge in [0.1, 0.15) is 0 Å². The lowest BCUT2D eigenvalue weighted by Gasteiger charge is -2.22. The summed E-state index contributed by atoms with van der Waals surface area (Å²) in [5, 5.41) is 3.50. The lowest BCUT2D eigenvalue weighted by molar-refractivity contribution is 0.309. The quantitative estimate of drug-likeness (QED) is 0.767. The zero-order valence-electron chi connectivity index (χ0n) is 11.5. The summed E-state index contributed by atoms with van der Waals surface area (Å²) in [6, 6.07) is 4.11. The number of pyridine rings is 1. The van der Waals surface area contributed by atoms with Gasteiger partial charge in [0.05, 0.1) is 0 Å². The fraction of sp³-hybridized carbons (Fsp3) is 0.643. The van der Waals surface area contributed by atoms with Crippen LogP contribution < -0.4 is 5.32 Å². The fourth-order valence-electron chi connectivity index (χ4n) is 1.69. The molecule has 0 unspecified atom stereocenters. The molecule has 0 aliphatic heterocycles. The normalized spacial score (nSPS) is 12.1. The molecule has 0 aliphatic carbocycles. The Hall–Kier alpha value is -0.930. The SMILES string of the molecule is CN(CCCNC(C)(C)C)Cc1cccnc1. The lowest BCUT2D eigenvalue weighted by atomic mass is 10.1. The topological polar surface area (TPSA) is 28.2 Å². The maximum atomic E-state index is 4.13. The Bertz CT molecular complexity index is 303. The molecule has 0 aromatic carbocycles. The summed E-state index contributed by atoms with van der Waals surface area (Å²) in [6.07, 6.45) is 4.93. The summed E-state index contributed by atoms with van der Waals surface area (Å²) in [7, 11) is 2.16. The number of nitrogens with zero attached hydrogens (tertiary/aromatic N) is 2. The Morgan fingerprint density at radius 3 is 2.71 bits per heavy atom. The van der Waals surface area contributed by atoms with Gasteiger partial charge < -0.3 is 10.2 Å². The third-order valence-electron chi connectivity index (χ3n) is 2.55. The fourth-order valence-corrected chi connectivity index (χ4v) is 1.69. The van der Waals surface area contributed by atoms with Crippen LogP contribution in [0.5, 0.6) is 0 Å². The smallest absolute Gasteiger partial charge is 0.0312 e. The van der Waals surface area contributed by atoms with Crippen LogP contribution in [0.1, 0.15) is 32.8 Å². The number of rotatable bonds is 6. The Morgan fingerprint density at radius 1 is 1.35 bits per heavy atom. The molecule has 1 aromatic heterocycles. The van der Waals surface area contributed by atoms with Gasteiger partial charge in [0.2, 0.25) is 0 Å². The molecule has 1 N–H and O–H groups in total. The van der Waals surface area contributed by atoms with Crippen LogP contribution in [0.25, 0.3) is 0 Å². The molecule has 17 heavy (non-hydrogen) atoms. The van der Waals surface area contributed by atoms with Crippen molar-refractivity contribution in [2.75, 3.05) is 20.1 Å². The summed E-state index contributed by atoms with van der Waals surface area (Å²) >= 11 is 0. The summed E-state index contributed by atoms with van der Waals surface area (Å²) < 4.78 is 0. The molecular formula is C14H25N3. The van der Waals surface area contributed by atoms with Crippen molar-refractivity contribution in [2.24, 2.45) is 0 Å². The van der Waals surface area contributed by atoms with Gasteiger partial charge in [-0.25, -0.2) is 0 Å². The molecule has 0 fully saturated rings. The molecule has 1 heterocycles. The van der Waals surface area contributed by atoms with Crippen molar-refractivity contribution in [3.63, 3.8) is 0 Å². The summed E-state index contributed by atoms with van der Waals surface area (Å²) in [5.41, 5.74) is 1.50. The molecular weight excluding hydrogens is 210 g/mol. The first-order chi connectivity index (χ1) is 7.97. The highest BCUT2D eigenvalue weighted by Gasteiger charge is 2.07. The Balaban J connectivity index is 2.16. The van der Waals surface area contributed by atoms with Gasteiger partial charge in [-0.2, -0.15) is 0 Å². The van der Waals surface area contributed by atoms with Crippen LogP contribution in [0.4, 0.5) is 0 Å². The lowest BCUT2D eigenvalue weighted by Crippen LogP contribution is -2.37. The highest BCUT2D eigenvalue weighted by Crippen LogP contribution is 2.02. The van der Waals surface area contributed by atoms with Crippen LogP contribution in [0, 0.1) is 0 Å². The average Bonchev–Trinajstić information content (AvgIpc) is 2.25. The minimum Gasteiger partial charge on any atom is -0.312 e. The summed E-state index contributed by atoms with van der Waals surface area (Å²) in [5.74, 6) is 0. The first kappa shape index (κ1) is 14.1. The van der Waals surface area contributed by atoms with Gasteiger partial charge in [-0.3, -0.25) is 4.98 Å². The summed E-state index contributed by atoms with van der Waals surface area (Å²) in [4.78, 5) is 6.46. The van der Waals surface area contributed by atoms with Gasteiger partial charge >= 0.3 is 0 Å². The van der Waals surface area contributed by atoms with Crippen molar-refractivity contribution in [3.8, 4) is 0 Å². The van der Waals surface area contributed by atoms with E-state index < -0.39 is 0 Å². The van der Waals surface area contributed by atoms with Gasteiger partial charge in [-0.15, -0.1) is 0 Å². The third kappa shape index (κ3) is 7.08. The molecule has 0 aliphatic rings. The maximum absolute atomic E-state index is 4.13. The second-order valence-electron chi connectivity index (χ2n) is 5.63. The molecule has 0 atom stereocenters. The number of aromatic nitrogens is 1. The van der Waals surface area contributed by atoms with Crippen LogP contribution in [-0.4, -0.2) is 35.6 Å². The maximum Gasteiger partial charge on any atom is 0.0312 e. The van der Waals surface area contributed by atoms with Gasteiger partial charge in [-0.1, -0.05) is 6.07 Å². The van der Waals surface area contributed by atoms with E-state index in [0.29, 0.717) is 0 Å². The van der Waals surface area contributed by atoms with Crippen molar-refractivity contribution in [1.82, 2.24) is 15.2 Å². The molecule has 0 radical (unpaired) electrons. The number of hydrogen-bond acceptors (Lipinski definition) is 3. The molecule has 0 spiro atoms. The van der Waals surface area contributed by atoms with Crippen LogP contribution >= 0.6 is 0 Å². The van der Waals surface area contributed by atoms with Gasteiger partial charge in [0.15, 0.2) is 0 Å². The molecule has 0 saturated carbocycles. The Kier molecular flexibility index (Phi) is 5.59. The minimum atomic E-state index is 0.224. The summed E-state index contributed by atoms with van der Waals surface area (Å²) in [6.45, 7) is 9.76. The molecule has 0 amide bonds. The zero-order valence-corrected chi connectivity index (χ0v) is 11.5. The zero-order chi connectivity index (χ0) is 12.7. The van der Waals surface area contributed by atoms with Gasteiger partial charge in [0, 0.05) is 24.5 Å². The van der Waals surface area contributed by atoms with E-state index >= 15 is 0 Å². The minimum absolute atomic E-state index is 0.224. The van der Waals surface area contributed by atoms with Crippen LogP contribution in [-0.2, 0) is 6.54 Å². The highest BCUT2D eigenvalue weighted by atomic mass is 15.1. The highest BCUT2D eigenvalue weighted by molar-refractivity contribution is 5.07. The predicted molar refractivity (Wildman–Crippen MR) is 72.9 cm³/mol. The van der Waals surface area contributed by atoms with Crippen LogP contribution in [0.15, 0.2) is 24.5 Å². The van der Waals surface area contributed by atoms with E-state index in [4.69, 9.17) is 0 Å². The number of hydrogen-bond donors (Lipinski definition) is 1. The van der Waals surface area contributed by atoms with E-state index in [-0.39, 0.29) is 5.54 Å². The molecule has 0 bridgehead atoms. The average molecular weight is 235 g/mol. The van der Waals surface area contributed by atoms with Gasteiger partial charge in [-0.05, 0) is 59.0 Å². The van der Waals surface area contributed by atoms with Crippen molar-refractivity contribution in [1.29, 1.82) is 0 Å². The molecule has 3 nitrogen and oxygen atoms in total. The second-order valence-corrected chi connectivity index (χ2v) is 5.63. The van der Waals surface area contributed by atoms with Gasteiger partial charge in [0.25, 0.3) is 0 Å². The largest absolute Gasteiger partial charge is 0.312 e. The molecule has 96 valence electrons. The first-order valence-electron chi connectivity index (χ1n) is 6.30. The van der Waals surface area contributed by atoms with E-state index in [9.17, 15) is 0 Å². The molecule has 1 rings (SSSR count). The van der Waals surface area contributed by atoms with E-state index in [1.165, 1.54) is 12.0 Å². The number of nitrogens with one attached hydrogen (secondary N) is 1. The standard InChI is InChI=1S/C14H25N3/c1-14(2,3)16-9-6-10-17(4)12-13-7-5-8-15-11-13/h5,7-8,11,16H,6,9-10,12H2,1-4H3. The van der Waals surface area contributed by atoms with E-state index in [2.05, 4.69) is 49.1 Å². The molecule has 3 heteroatoms.